The number of ether oxygens (including phenoxy) is 2. The predicted octanol–water partition coefficient (Wildman–Crippen LogP) is 9.53. The zero-order chi connectivity index (χ0) is 26.0. The van der Waals surface area contributed by atoms with Crippen molar-refractivity contribution in [1.82, 2.24) is 0 Å². The molecular weight excluding hydrogens is 475 g/mol. The number of alkyl halides is 5. The third kappa shape index (κ3) is 9.38. The normalized spacial score (nSPS) is 18.8. The maximum Gasteiger partial charge on any atom is 0.573 e. The highest BCUT2D eigenvalue weighted by Gasteiger charge is 2.33. The molecule has 0 atom stereocenters. The fourth-order valence-corrected chi connectivity index (χ4v) is 5.01. The molecule has 1 aliphatic carbocycles. The largest absolute Gasteiger partial charge is 0.573 e. The van der Waals surface area contributed by atoms with Gasteiger partial charge < -0.3 is 9.47 Å². The number of halogens is 5. The Hall–Kier alpha value is -2.15. The Balaban J connectivity index is 1.41. The number of rotatable bonds is 13. The summed E-state index contributed by atoms with van der Waals surface area (Å²) in [6.45, 7) is 1.96. The Bertz CT molecular complexity index is 885. The second kappa shape index (κ2) is 13.4. The van der Waals surface area contributed by atoms with Gasteiger partial charge in [-0.15, -0.1) is 13.2 Å². The second-order valence-electron chi connectivity index (χ2n) is 9.85. The molecule has 0 bridgehead atoms. The van der Waals surface area contributed by atoms with Crippen LogP contribution in [0.25, 0.3) is 0 Å². The Morgan fingerprint density at radius 3 is 2.03 bits per heavy atom. The van der Waals surface area contributed by atoms with Crippen molar-refractivity contribution >= 4 is 0 Å². The molecular formula is C29H37F5O2. The molecule has 1 aliphatic rings. The van der Waals surface area contributed by atoms with Crippen LogP contribution in [-0.4, -0.2) is 13.0 Å². The predicted molar refractivity (Wildman–Crippen MR) is 131 cm³/mol. The molecule has 2 aromatic carbocycles. The summed E-state index contributed by atoms with van der Waals surface area (Å²) in [7, 11) is 0. The first-order chi connectivity index (χ1) is 17.2. The van der Waals surface area contributed by atoms with Gasteiger partial charge in [0.2, 0.25) is 0 Å². The molecule has 2 nitrogen and oxygen atoms in total. The summed E-state index contributed by atoms with van der Waals surface area (Å²) in [6, 6.07) is 11.6. The van der Waals surface area contributed by atoms with Crippen molar-refractivity contribution in [3.05, 3.63) is 65.2 Å². The van der Waals surface area contributed by atoms with Gasteiger partial charge in [0.25, 0.3) is 0 Å². The Labute approximate surface area is 211 Å². The zero-order valence-corrected chi connectivity index (χ0v) is 21.0. The Morgan fingerprint density at radius 2 is 1.42 bits per heavy atom. The van der Waals surface area contributed by atoms with Crippen molar-refractivity contribution in [2.75, 3.05) is 6.61 Å². The molecule has 0 heterocycles. The Kier molecular flexibility index (Phi) is 10.6. The van der Waals surface area contributed by atoms with Crippen LogP contribution < -0.4 is 4.74 Å². The van der Waals surface area contributed by atoms with Crippen LogP contribution in [0.5, 0.6) is 5.75 Å². The lowest BCUT2D eigenvalue weighted by atomic mass is 9.77. The molecule has 7 heteroatoms. The highest BCUT2D eigenvalue weighted by Crippen LogP contribution is 2.39. The average molecular weight is 513 g/mol. The summed E-state index contributed by atoms with van der Waals surface area (Å²) in [5.74, 6) is 0.871. The number of unbranched alkanes of at least 4 members (excludes halogenated alkanes) is 4. The van der Waals surface area contributed by atoms with Crippen molar-refractivity contribution in [3.8, 4) is 5.75 Å². The molecule has 3 rings (SSSR count). The van der Waals surface area contributed by atoms with E-state index in [4.69, 9.17) is 4.74 Å². The van der Waals surface area contributed by atoms with Crippen LogP contribution in [0.3, 0.4) is 0 Å². The molecule has 0 N–H and O–H groups in total. The van der Waals surface area contributed by atoms with Crippen molar-refractivity contribution in [3.63, 3.8) is 0 Å². The van der Waals surface area contributed by atoms with E-state index in [1.807, 2.05) is 0 Å². The average Bonchev–Trinajstić information content (AvgIpc) is 2.84. The minimum Gasteiger partial charge on any atom is -0.406 e. The first-order valence-corrected chi connectivity index (χ1v) is 13.1. The highest BCUT2D eigenvalue weighted by molar-refractivity contribution is 5.28. The second-order valence-corrected chi connectivity index (χ2v) is 9.85. The topological polar surface area (TPSA) is 18.5 Å². The van der Waals surface area contributed by atoms with Crippen LogP contribution >= 0.6 is 0 Å². The standard InChI is InChI=1S/C29H37F5O2/c1-2-3-4-5-6-7-22-8-12-24(13-9-22)25-14-16-26(17-15-25)28(30,31)35-21-20-23-10-18-27(19-11-23)36-29(32,33)34/h10-11,14-19,22,24H,2-9,12-13,20-21H2,1H3/t22-,24-. The van der Waals surface area contributed by atoms with E-state index in [-0.39, 0.29) is 24.3 Å². The summed E-state index contributed by atoms with van der Waals surface area (Å²) >= 11 is 0. The molecule has 0 aromatic heterocycles. The van der Waals surface area contributed by atoms with Crippen LogP contribution in [-0.2, 0) is 17.3 Å². The third-order valence-corrected chi connectivity index (χ3v) is 7.11. The van der Waals surface area contributed by atoms with E-state index in [1.54, 1.807) is 12.1 Å². The maximum absolute atomic E-state index is 14.6. The summed E-state index contributed by atoms with van der Waals surface area (Å²) in [4.78, 5) is 0. The molecule has 1 fully saturated rings. The van der Waals surface area contributed by atoms with Gasteiger partial charge in [-0.05, 0) is 67.2 Å². The van der Waals surface area contributed by atoms with E-state index >= 15 is 0 Å². The van der Waals surface area contributed by atoms with E-state index in [1.165, 1.54) is 75.6 Å². The minimum absolute atomic E-state index is 0.141. The number of benzene rings is 2. The lowest BCUT2D eigenvalue weighted by molar-refractivity contribution is -0.274. The molecule has 36 heavy (non-hydrogen) atoms. The van der Waals surface area contributed by atoms with Gasteiger partial charge in [0.15, 0.2) is 0 Å². The molecule has 1 saturated carbocycles. The molecule has 200 valence electrons. The fraction of sp³-hybridized carbons (Fsp3) is 0.586. The molecule has 0 unspecified atom stereocenters. The van der Waals surface area contributed by atoms with E-state index in [9.17, 15) is 22.0 Å². The summed E-state index contributed by atoms with van der Waals surface area (Å²) in [5, 5.41) is 0. The molecule has 0 saturated heterocycles. The number of hydrogen-bond donors (Lipinski definition) is 0. The van der Waals surface area contributed by atoms with Gasteiger partial charge in [0.1, 0.15) is 5.75 Å². The lowest BCUT2D eigenvalue weighted by Crippen LogP contribution is -2.20. The van der Waals surface area contributed by atoms with Crippen LogP contribution in [0.1, 0.15) is 93.7 Å². The summed E-state index contributed by atoms with van der Waals surface area (Å²) in [5.41, 5.74) is 1.49. The van der Waals surface area contributed by atoms with Gasteiger partial charge in [-0.1, -0.05) is 81.8 Å². The van der Waals surface area contributed by atoms with E-state index in [0.717, 1.165) is 36.5 Å². The van der Waals surface area contributed by atoms with E-state index in [2.05, 4.69) is 11.7 Å². The molecule has 0 spiro atoms. The summed E-state index contributed by atoms with van der Waals surface area (Å²) in [6.07, 6.45) is 4.46. The van der Waals surface area contributed by atoms with Crippen molar-refractivity contribution < 1.29 is 31.4 Å². The van der Waals surface area contributed by atoms with Crippen molar-refractivity contribution in [1.29, 1.82) is 0 Å². The van der Waals surface area contributed by atoms with Crippen LogP contribution in [0.15, 0.2) is 48.5 Å². The number of hydrogen-bond acceptors (Lipinski definition) is 2. The lowest BCUT2D eigenvalue weighted by Gasteiger charge is -2.29. The van der Waals surface area contributed by atoms with E-state index in [0.29, 0.717) is 11.5 Å². The van der Waals surface area contributed by atoms with Gasteiger partial charge in [-0.25, -0.2) is 0 Å². The zero-order valence-electron chi connectivity index (χ0n) is 21.0. The molecule has 2 aromatic rings. The van der Waals surface area contributed by atoms with Crippen molar-refractivity contribution in [2.45, 2.75) is 95.9 Å². The van der Waals surface area contributed by atoms with Gasteiger partial charge in [0.05, 0.1) is 12.2 Å². The SMILES string of the molecule is CCCCCCC[C@H]1CC[C@H](c2ccc(C(F)(F)OCCc3ccc(OC(F)(F)F)cc3)cc2)CC1. The van der Waals surface area contributed by atoms with Crippen LogP contribution in [0, 0.1) is 5.92 Å². The van der Waals surface area contributed by atoms with Crippen molar-refractivity contribution in [2.24, 2.45) is 5.92 Å². The van der Waals surface area contributed by atoms with Gasteiger partial charge in [-0.2, -0.15) is 8.78 Å². The first-order valence-electron chi connectivity index (χ1n) is 13.1. The quantitative estimate of drug-likeness (QED) is 0.197. The summed E-state index contributed by atoms with van der Waals surface area (Å²) < 4.78 is 74.5. The molecule has 0 aliphatic heterocycles. The Morgan fingerprint density at radius 1 is 0.778 bits per heavy atom. The van der Waals surface area contributed by atoms with Gasteiger partial charge >= 0.3 is 12.5 Å². The van der Waals surface area contributed by atoms with Gasteiger partial charge in [-0.3, -0.25) is 0 Å². The van der Waals surface area contributed by atoms with E-state index < -0.39 is 12.5 Å². The monoisotopic (exact) mass is 512 g/mol. The highest BCUT2D eigenvalue weighted by atomic mass is 19.4. The minimum atomic E-state index is -4.77. The first kappa shape index (κ1) is 28.4. The van der Waals surface area contributed by atoms with Gasteiger partial charge in [0, 0.05) is 0 Å². The van der Waals surface area contributed by atoms with Crippen LogP contribution in [0.2, 0.25) is 0 Å². The van der Waals surface area contributed by atoms with Crippen LogP contribution in [0.4, 0.5) is 22.0 Å². The molecule has 0 amide bonds. The maximum atomic E-state index is 14.6. The molecule has 0 radical (unpaired) electrons. The fourth-order valence-electron chi connectivity index (χ4n) is 5.01. The third-order valence-electron chi connectivity index (χ3n) is 7.11. The smallest absolute Gasteiger partial charge is 0.406 e.